The first kappa shape index (κ1) is 17.0. The van der Waals surface area contributed by atoms with E-state index in [1.54, 1.807) is 6.92 Å². The van der Waals surface area contributed by atoms with E-state index >= 15 is 0 Å². The monoisotopic (exact) mass is 339 g/mol. The van der Waals surface area contributed by atoms with Gasteiger partial charge in [-0.05, 0) is 29.7 Å². The molecule has 0 radical (unpaired) electrons. The molecule has 0 aromatic heterocycles. The van der Waals surface area contributed by atoms with E-state index in [-0.39, 0.29) is 18.4 Å². The minimum Gasteiger partial charge on any atom is -0.356 e. The summed E-state index contributed by atoms with van der Waals surface area (Å²) in [7, 11) is 0. The molecule has 25 heavy (non-hydrogen) atoms. The molecule has 1 heterocycles. The number of urea groups is 1. The molecule has 0 spiro atoms. The zero-order chi connectivity index (χ0) is 18.0. The number of nitrogens with one attached hydrogen (secondary N) is 2. The highest BCUT2D eigenvalue weighted by molar-refractivity contribution is 6.09. The molecule has 6 heteroatoms. The largest absolute Gasteiger partial charge is 0.356 e. The highest BCUT2D eigenvalue weighted by atomic mass is 16.2. The molecule has 0 bridgehead atoms. The molecule has 2 N–H and O–H groups in total. The predicted octanol–water partition coefficient (Wildman–Crippen LogP) is 2.13. The third-order valence-electron chi connectivity index (χ3n) is 4.54. The Morgan fingerprint density at radius 1 is 1.16 bits per heavy atom. The number of amides is 4. The van der Waals surface area contributed by atoms with Crippen molar-refractivity contribution in [3.8, 4) is 0 Å². The first-order valence-electron chi connectivity index (χ1n) is 8.30. The summed E-state index contributed by atoms with van der Waals surface area (Å²) in [5.41, 5.74) is -0.306. The molecule has 2 aromatic rings. The van der Waals surface area contributed by atoms with Crippen LogP contribution in [-0.4, -0.2) is 35.8 Å². The van der Waals surface area contributed by atoms with Gasteiger partial charge < -0.3 is 10.6 Å². The average Bonchev–Trinajstić information content (AvgIpc) is 2.81. The molecule has 1 aliphatic rings. The molecule has 0 saturated carbocycles. The molecule has 1 saturated heterocycles. The molecule has 6 nitrogen and oxygen atoms in total. The Bertz CT molecular complexity index is 843. The van der Waals surface area contributed by atoms with Crippen molar-refractivity contribution in [2.45, 2.75) is 25.8 Å². The van der Waals surface area contributed by atoms with Crippen molar-refractivity contribution in [1.29, 1.82) is 0 Å². The maximum Gasteiger partial charge on any atom is 0.325 e. The molecule has 0 aliphatic carbocycles. The van der Waals surface area contributed by atoms with Gasteiger partial charge in [0.1, 0.15) is 5.54 Å². The van der Waals surface area contributed by atoms with Crippen molar-refractivity contribution in [2.24, 2.45) is 0 Å². The van der Waals surface area contributed by atoms with Crippen molar-refractivity contribution in [3.05, 3.63) is 48.0 Å². The van der Waals surface area contributed by atoms with Crippen LogP contribution in [0.3, 0.4) is 0 Å². The van der Waals surface area contributed by atoms with Gasteiger partial charge in [0.05, 0.1) is 0 Å². The zero-order valence-electron chi connectivity index (χ0n) is 14.3. The number of benzene rings is 2. The fourth-order valence-corrected chi connectivity index (χ4v) is 3.25. The molecule has 4 amide bonds. The number of nitrogens with zero attached hydrogens (tertiary/aromatic N) is 1. The Labute approximate surface area is 146 Å². The van der Waals surface area contributed by atoms with Gasteiger partial charge in [0.25, 0.3) is 5.91 Å². The Hall–Kier alpha value is -2.89. The first-order chi connectivity index (χ1) is 11.9. The van der Waals surface area contributed by atoms with Crippen molar-refractivity contribution in [3.63, 3.8) is 0 Å². The number of hydrogen-bond acceptors (Lipinski definition) is 3. The highest BCUT2D eigenvalue weighted by Gasteiger charge is 2.49. The van der Waals surface area contributed by atoms with Crippen LogP contribution in [0.1, 0.15) is 25.8 Å². The summed E-state index contributed by atoms with van der Waals surface area (Å²) in [4.78, 5) is 37.4. The fourth-order valence-electron chi connectivity index (χ4n) is 3.25. The first-order valence-corrected chi connectivity index (χ1v) is 8.30. The van der Waals surface area contributed by atoms with E-state index < -0.39 is 11.6 Å². The maximum atomic E-state index is 13.0. The summed E-state index contributed by atoms with van der Waals surface area (Å²) < 4.78 is 0. The molecule has 3 rings (SSSR count). The van der Waals surface area contributed by atoms with E-state index in [4.69, 9.17) is 0 Å². The van der Waals surface area contributed by atoms with Crippen LogP contribution in [0.25, 0.3) is 10.8 Å². The molecule has 130 valence electrons. The molecule has 2 aromatic carbocycles. The van der Waals surface area contributed by atoms with Crippen LogP contribution in [-0.2, 0) is 15.1 Å². The van der Waals surface area contributed by atoms with Gasteiger partial charge in [-0.3, -0.25) is 14.5 Å². The van der Waals surface area contributed by atoms with Crippen LogP contribution in [0, 0.1) is 0 Å². The smallest absolute Gasteiger partial charge is 0.325 e. The lowest BCUT2D eigenvalue weighted by atomic mass is 9.88. The van der Waals surface area contributed by atoms with E-state index in [2.05, 4.69) is 10.6 Å². The minimum absolute atomic E-state index is 0.127. The second-order valence-electron chi connectivity index (χ2n) is 6.38. The summed E-state index contributed by atoms with van der Waals surface area (Å²) in [6, 6.07) is 13.1. The van der Waals surface area contributed by atoms with Crippen LogP contribution in [0.2, 0.25) is 0 Å². The van der Waals surface area contributed by atoms with Crippen LogP contribution in [0.4, 0.5) is 4.79 Å². The summed E-state index contributed by atoms with van der Waals surface area (Å²) in [5, 5.41) is 7.47. The van der Waals surface area contributed by atoms with Crippen molar-refractivity contribution in [1.82, 2.24) is 15.5 Å². The number of carbonyl (C=O) groups excluding carboxylic acids is 3. The van der Waals surface area contributed by atoms with Crippen molar-refractivity contribution >= 4 is 28.6 Å². The molecule has 1 aliphatic heterocycles. The van der Waals surface area contributed by atoms with Gasteiger partial charge in [-0.1, -0.05) is 42.5 Å². The summed E-state index contributed by atoms with van der Waals surface area (Å²) in [5.74, 6) is -0.394. The van der Waals surface area contributed by atoms with E-state index in [1.807, 2.05) is 42.5 Å². The highest BCUT2D eigenvalue weighted by Crippen LogP contribution is 2.33. The van der Waals surface area contributed by atoms with Gasteiger partial charge in [0, 0.05) is 20.0 Å². The lowest BCUT2D eigenvalue weighted by Crippen LogP contribution is -2.41. The second-order valence-corrected chi connectivity index (χ2v) is 6.38. The Morgan fingerprint density at radius 2 is 1.88 bits per heavy atom. The summed E-state index contributed by atoms with van der Waals surface area (Å²) in [6.07, 6.45) is 0.518. The Balaban J connectivity index is 1.85. The topological polar surface area (TPSA) is 78.5 Å². The Kier molecular flexibility index (Phi) is 4.44. The van der Waals surface area contributed by atoms with Gasteiger partial charge in [0.15, 0.2) is 0 Å². The van der Waals surface area contributed by atoms with Gasteiger partial charge in [-0.2, -0.15) is 0 Å². The average molecular weight is 339 g/mol. The third-order valence-corrected chi connectivity index (χ3v) is 4.54. The molecular formula is C19H21N3O3. The number of carbonyl (C=O) groups is 3. The van der Waals surface area contributed by atoms with Gasteiger partial charge in [-0.25, -0.2) is 4.79 Å². The van der Waals surface area contributed by atoms with Crippen LogP contribution < -0.4 is 10.6 Å². The summed E-state index contributed by atoms with van der Waals surface area (Å²) in [6.45, 7) is 3.87. The lowest BCUT2D eigenvalue weighted by molar-refractivity contribution is -0.131. The quantitative estimate of drug-likeness (QED) is 0.647. The molecular weight excluding hydrogens is 318 g/mol. The van der Waals surface area contributed by atoms with E-state index in [1.165, 1.54) is 11.8 Å². The SMILES string of the molecule is CC(=O)NCCCN1C(=O)NC(C)(c2cccc3ccccc23)C1=O. The Morgan fingerprint density at radius 3 is 2.64 bits per heavy atom. The number of imide groups is 1. The van der Waals surface area contributed by atoms with Gasteiger partial charge in [0.2, 0.25) is 5.91 Å². The second kappa shape index (κ2) is 6.55. The number of rotatable bonds is 5. The van der Waals surface area contributed by atoms with Crippen molar-refractivity contribution in [2.75, 3.05) is 13.1 Å². The summed E-state index contributed by atoms with van der Waals surface area (Å²) >= 11 is 0. The van der Waals surface area contributed by atoms with Crippen LogP contribution >= 0.6 is 0 Å². The van der Waals surface area contributed by atoms with E-state index in [9.17, 15) is 14.4 Å². The fraction of sp³-hybridized carbons (Fsp3) is 0.316. The van der Waals surface area contributed by atoms with Crippen LogP contribution in [0.5, 0.6) is 0 Å². The number of fused-ring (bicyclic) bond motifs is 1. The van der Waals surface area contributed by atoms with E-state index in [0.29, 0.717) is 13.0 Å². The maximum absolute atomic E-state index is 13.0. The molecule has 1 atom stereocenters. The number of hydrogen-bond donors (Lipinski definition) is 2. The van der Waals surface area contributed by atoms with E-state index in [0.717, 1.165) is 16.3 Å². The third kappa shape index (κ3) is 3.07. The van der Waals surface area contributed by atoms with Gasteiger partial charge >= 0.3 is 6.03 Å². The normalized spacial score (nSPS) is 20.0. The van der Waals surface area contributed by atoms with Crippen LogP contribution in [0.15, 0.2) is 42.5 Å². The molecule has 1 unspecified atom stereocenters. The zero-order valence-corrected chi connectivity index (χ0v) is 14.3. The van der Waals surface area contributed by atoms with Crippen molar-refractivity contribution < 1.29 is 14.4 Å². The standard InChI is InChI=1S/C19H21N3O3/c1-13(23)20-11-6-12-22-17(24)19(2,21-18(22)25)16-10-5-8-14-7-3-4-9-15(14)16/h3-5,7-10H,6,11-12H2,1-2H3,(H,20,23)(H,21,25). The molecule has 1 fully saturated rings. The van der Waals surface area contributed by atoms with Gasteiger partial charge in [-0.15, -0.1) is 0 Å². The lowest BCUT2D eigenvalue weighted by Gasteiger charge is -2.24. The predicted molar refractivity (Wildman–Crippen MR) is 94.8 cm³/mol. The minimum atomic E-state index is -1.09.